The second kappa shape index (κ2) is 4.22. The molecule has 0 aliphatic carbocycles. The van der Waals surface area contributed by atoms with Gasteiger partial charge in [0.1, 0.15) is 0 Å². The van der Waals surface area contributed by atoms with Gasteiger partial charge in [-0.1, -0.05) is 12.1 Å². The summed E-state index contributed by atoms with van der Waals surface area (Å²) in [5.74, 6) is -0.883. The van der Waals surface area contributed by atoms with Gasteiger partial charge in [-0.2, -0.15) is 0 Å². The predicted octanol–water partition coefficient (Wildman–Crippen LogP) is 2.49. The van der Waals surface area contributed by atoms with Crippen molar-refractivity contribution in [1.82, 2.24) is 4.57 Å². The van der Waals surface area contributed by atoms with Gasteiger partial charge in [0, 0.05) is 30.7 Å². The van der Waals surface area contributed by atoms with Crippen molar-refractivity contribution in [3.63, 3.8) is 0 Å². The standard InChI is InChI=1S/C12H14F2N2/c1-16-6-5-9-8(3-2-4-11(9)16)10(7-15)12(13)14/h2-6,10,12H,7,15H2,1H3. The summed E-state index contributed by atoms with van der Waals surface area (Å²) in [6.07, 6.45) is -0.552. The van der Waals surface area contributed by atoms with Crippen molar-refractivity contribution in [3.05, 3.63) is 36.0 Å². The van der Waals surface area contributed by atoms with E-state index in [9.17, 15) is 8.78 Å². The molecule has 0 saturated carbocycles. The van der Waals surface area contributed by atoms with Crippen molar-refractivity contribution >= 4 is 10.9 Å². The average molecular weight is 224 g/mol. The van der Waals surface area contributed by atoms with Crippen LogP contribution < -0.4 is 5.73 Å². The zero-order valence-electron chi connectivity index (χ0n) is 9.03. The lowest BCUT2D eigenvalue weighted by molar-refractivity contribution is 0.117. The Morgan fingerprint density at radius 1 is 1.31 bits per heavy atom. The summed E-state index contributed by atoms with van der Waals surface area (Å²) in [4.78, 5) is 0. The van der Waals surface area contributed by atoms with Crippen LogP contribution in [-0.2, 0) is 7.05 Å². The number of alkyl halides is 2. The van der Waals surface area contributed by atoms with E-state index in [1.165, 1.54) is 0 Å². The number of nitrogens with two attached hydrogens (primary N) is 1. The number of halogens is 2. The van der Waals surface area contributed by atoms with Crippen molar-refractivity contribution in [2.75, 3.05) is 6.54 Å². The lowest BCUT2D eigenvalue weighted by Gasteiger charge is -2.15. The highest BCUT2D eigenvalue weighted by atomic mass is 19.3. The van der Waals surface area contributed by atoms with E-state index in [0.717, 1.165) is 10.9 Å². The maximum absolute atomic E-state index is 12.8. The Labute approximate surface area is 92.7 Å². The molecule has 2 nitrogen and oxygen atoms in total. The van der Waals surface area contributed by atoms with Crippen LogP contribution in [0.25, 0.3) is 10.9 Å². The molecule has 1 heterocycles. The second-order valence-electron chi connectivity index (χ2n) is 3.88. The summed E-state index contributed by atoms with van der Waals surface area (Å²) >= 11 is 0. The fourth-order valence-electron chi connectivity index (χ4n) is 2.02. The van der Waals surface area contributed by atoms with E-state index in [2.05, 4.69) is 0 Å². The van der Waals surface area contributed by atoms with Gasteiger partial charge in [0.25, 0.3) is 0 Å². The summed E-state index contributed by atoms with van der Waals surface area (Å²) in [7, 11) is 1.89. The van der Waals surface area contributed by atoms with E-state index in [-0.39, 0.29) is 6.54 Å². The molecule has 0 bridgehead atoms. The molecule has 2 N–H and O–H groups in total. The molecule has 2 rings (SSSR count). The van der Waals surface area contributed by atoms with Crippen molar-refractivity contribution in [3.8, 4) is 0 Å². The fourth-order valence-corrected chi connectivity index (χ4v) is 2.02. The Morgan fingerprint density at radius 2 is 2.06 bits per heavy atom. The Bertz CT molecular complexity index is 491. The van der Waals surface area contributed by atoms with Crippen LogP contribution in [0.1, 0.15) is 11.5 Å². The molecule has 4 heteroatoms. The number of aryl methyl sites for hydroxylation is 1. The topological polar surface area (TPSA) is 30.9 Å². The van der Waals surface area contributed by atoms with E-state index in [1.807, 2.05) is 29.9 Å². The lowest BCUT2D eigenvalue weighted by Crippen LogP contribution is -2.19. The molecule has 86 valence electrons. The maximum Gasteiger partial charge on any atom is 0.246 e. The zero-order chi connectivity index (χ0) is 11.7. The molecule has 0 spiro atoms. The van der Waals surface area contributed by atoms with E-state index in [1.54, 1.807) is 12.1 Å². The van der Waals surface area contributed by atoms with Gasteiger partial charge in [-0.25, -0.2) is 8.78 Å². The maximum atomic E-state index is 12.8. The van der Waals surface area contributed by atoms with Gasteiger partial charge in [-0.3, -0.25) is 0 Å². The van der Waals surface area contributed by atoms with Crippen molar-refractivity contribution < 1.29 is 8.78 Å². The molecule has 0 radical (unpaired) electrons. The summed E-state index contributed by atoms with van der Waals surface area (Å²) in [6, 6.07) is 7.29. The molecule has 0 aliphatic rings. The van der Waals surface area contributed by atoms with Gasteiger partial charge in [0.05, 0.1) is 5.92 Å². The first-order valence-corrected chi connectivity index (χ1v) is 5.17. The van der Waals surface area contributed by atoms with Crippen molar-refractivity contribution in [2.45, 2.75) is 12.3 Å². The highest BCUT2D eigenvalue weighted by Crippen LogP contribution is 2.29. The summed E-state index contributed by atoms with van der Waals surface area (Å²) in [5, 5.41) is 0.862. The Hall–Kier alpha value is -1.42. The number of hydrogen-bond donors (Lipinski definition) is 1. The van der Waals surface area contributed by atoms with Gasteiger partial charge in [0.2, 0.25) is 6.43 Å². The van der Waals surface area contributed by atoms with Crippen LogP contribution in [0.15, 0.2) is 30.5 Å². The Kier molecular flexibility index (Phi) is 2.92. The average Bonchev–Trinajstić information content (AvgIpc) is 2.62. The van der Waals surface area contributed by atoms with Gasteiger partial charge >= 0.3 is 0 Å². The molecular formula is C12H14F2N2. The van der Waals surface area contributed by atoms with E-state index >= 15 is 0 Å². The SMILES string of the molecule is Cn1ccc2c(C(CN)C(F)F)cccc21. The molecule has 1 atom stereocenters. The van der Waals surface area contributed by atoms with Gasteiger partial charge in [-0.15, -0.1) is 0 Å². The summed E-state index contributed by atoms with van der Waals surface area (Å²) < 4.78 is 27.6. The highest BCUT2D eigenvalue weighted by Gasteiger charge is 2.22. The number of fused-ring (bicyclic) bond motifs is 1. The summed E-state index contributed by atoms with van der Waals surface area (Å²) in [5.41, 5.74) is 7.01. The minimum atomic E-state index is -2.42. The molecule has 0 amide bonds. The first-order valence-electron chi connectivity index (χ1n) is 5.17. The van der Waals surface area contributed by atoms with Crippen molar-refractivity contribution in [2.24, 2.45) is 12.8 Å². The molecule has 1 aromatic carbocycles. The number of nitrogens with zero attached hydrogens (tertiary/aromatic N) is 1. The Balaban J connectivity index is 2.59. The van der Waals surface area contributed by atoms with E-state index in [0.29, 0.717) is 5.56 Å². The first-order chi connectivity index (χ1) is 7.65. The van der Waals surface area contributed by atoms with Crippen LogP contribution in [0.5, 0.6) is 0 Å². The van der Waals surface area contributed by atoms with Gasteiger partial charge in [-0.05, 0) is 17.7 Å². The number of aromatic nitrogens is 1. The lowest BCUT2D eigenvalue weighted by atomic mass is 9.96. The molecule has 16 heavy (non-hydrogen) atoms. The summed E-state index contributed by atoms with van der Waals surface area (Å²) in [6.45, 7) is -0.0360. The van der Waals surface area contributed by atoms with Gasteiger partial charge in [0.15, 0.2) is 0 Å². The third-order valence-corrected chi connectivity index (χ3v) is 2.92. The number of hydrogen-bond acceptors (Lipinski definition) is 1. The third kappa shape index (κ3) is 1.69. The van der Waals surface area contributed by atoms with E-state index in [4.69, 9.17) is 5.73 Å². The minimum Gasteiger partial charge on any atom is -0.351 e. The molecule has 2 aromatic rings. The van der Waals surface area contributed by atoms with Gasteiger partial charge < -0.3 is 10.3 Å². The molecule has 0 aliphatic heterocycles. The Morgan fingerprint density at radius 3 is 2.69 bits per heavy atom. The van der Waals surface area contributed by atoms with E-state index < -0.39 is 12.3 Å². The number of benzene rings is 1. The van der Waals surface area contributed by atoms with Crippen LogP contribution in [-0.4, -0.2) is 17.5 Å². The minimum absolute atomic E-state index is 0.0360. The van der Waals surface area contributed by atoms with Crippen LogP contribution >= 0.6 is 0 Å². The highest BCUT2D eigenvalue weighted by molar-refractivity contribution is 5.84. The van der Waals surface area contributed by atoms with Crippen LogP contribution in [0.2, 0.25) is 0 Å². The quantitative estimate of drug-likeness (QED) is 0.853. The van der Waals surface area contributed by atoms with Crippen LogP contribution in [0.4, 0.5) is 8.78 Å². The monoisotopic (exact) mass is 224 g/mol. The second-order valence-corrected chi connectivity index (χ2v) is 3.88. The fraction of sp³-hybridized carbons (Fsp3) is 0.333. The number of rotatable bonds is 3. The zero-order valence-corrected chi connectivity index (χ0v) is 9.03. The van der Waals surface area contributed by atoms with Crippen LogP contribution in [0, 0.1) is 0 Å². The molecule has 1 aromatic heterocycles. The first kappa shape index (κ1) is 11.1. The predicted molar refractivity (Wildman–Crippen MR) is 60.7 cm³/mol. The van der Waals surface area contributed by atoms with Crippen molar-refractivity contribution in [1.29, 1.82) is 0 Å². The normalized spacial score (nSPS) is 13.6. The smallest absolute Gasteiger partial charge is 0.246 e. The molecule has 0 fully saturated rings. The molecule has 0 saturated heterocycles. The third-order valence-electron chi connectivity index (χ3n) is 2.92. The largest absolute Gasteiger partial charge is 0.351 e. The van der Waals surface area contributed by atoms with Crippen LogP contribution in [0.3, 0.4) is 0 Å². The molecular weight excluding hydrogens is 210 g/mol. The molecule has 1 unspecified atom stereocenters.